The highest BCUT2D eigenvalue weighted by Gasteiger charge is 2.26. The number of hydrogen-bond acceptors (Lipinski definition) is 4. The summed E-state index contributed by atoms with van der Waals surface area (Å²) in [5.74, 6) is 1.40. The summed E-state index contributed by atoms with van der Waals surface area (Å²) in [7, 11) is 0. The van der Waals surface area contributed by atoms with Crippen LogP contribution in [0.25, 0.3) is 0 Å². The van der Waals surface area contributed by atoms with Gasteiger partial charge in [-0.3, -0.25) is 4.79 Å². The van der Waals surface area contributed by atoms with E-state index in [1.54, 1.807) is 0 Å². The molecule has 19 heavy (non-hydrogen) atoms. The lowest BCUT2D eigenvalue weighted by Crippen LogP contribution is -2.24. The van der Waals surface area contributed by atoms with Gasteiger partial charge in [-0.05, 0) is 49.9 Å². The first-order chi connectivity index (χ1) is 9.06. The Balaban J connectivity index is 2.14. The van der Waals surface area contributed by atoms with Crippen LogP contribution in [0.1, 0.15) is 26.7 Å². The van der Waals surface area contributed by atoms with E-state index in [4.69, 9.17) is 5.73 Å². The van der Waals surface area contributed by atoms with Crippen molar-refractivity contribution in [2.24, 2.45) is 28.5 Å². The third kappa shape index (κ3) is 3.77. The Hall–Kier alpha value is -1.42. The van der Waals surface area contributed by atoms with Crippen molar-refractivity contribution in [2.45, 2.75) is 26.7 Å². The van der Waals surface area contributed by atoms with E-state index < -0.39 is 0 Å². The molecular weight excluding hydrogens is 238 g/mol. The predicted molar refractivity (Wildman–Crippen MR) is 77.8 cm³/mol. The van der Waals surface area contributed by atoms with Gasteiger partial charge in [-0.25, -0.2) is 4.99 Å². The van der Waals surface area contributed by atoms with Crippen LogP contribution in [-0.4, -0.2) is 24.6 Å². The average molecular weight is 261 g/mol. The molecular formula is C15H23N3O. The second kappa shape index (κ2) is 6.15. The lowest BCUT2D eigenvalue weighted by molar-refractivity contribution is -0.116. The standard InChI is InChI=1S/C15H23N3O/c1-10-3-4-13(18-14(16)8-10)15(19)12-5-6-17-9-11(2)7-12/h3-4,8,10-12,17H,5-7,9,16H2,1-2H3. The lowest BCUT2D eigenvalue weighted by atomic mass is 9.89. The maximum absolute atomic E-state index is 12.6. The topological polar surface area (TPSA) is 67.5 Å². The normalized spacial score (nSPS) is 32.0. The number of rotatable bonds is 2. The molecule has 1 saturated heterocycles. The number of aliphatic imine (C=N–C) groups is 1. The van der Waals surface area contributed by atoms with Crippen LogP contribution >= 0.6 is 0 Å². The Bertz CT molecular complexity index is 437. The molecule has 0 aliphatic carbocycles. The molecule has 4 heteroatoms. The van der Waals surface area contributed by atoms with Crippen molar-refractivity contribution in [3.8, 4) is 0 Å². The van der Waals surface area contributed by atoms with Gasteiger partial charge in [0.1, 0.15) is 11.5 Å². The molecule has 0 aromatic rings. The second-order valence-corrected chi connectivity index (χ2v) is 5.70. The van der Waals surface area contributed by atoms with Crippen LogP contribution in [0.3, 0.4) is 0 Å². The molecule has 2 heterocycles. The van der Waals surface area contributed by atoms with Crippen molar-refractivity contribution in [3.05, 3.63) is 24.0 Å². The van der Waals surface area contributed by atoms with Crippen molar-refractivity contribution in [1.29, 1.82) is 0 Å². The van der Waals surface area contributed by atoms with E-state index in [0.29, 0.717) is 17.5 Å². The predicted octanol–water partition coefficient (Wildman–Crippen LogP) is 1.64. The van der Waals surface area contributed by atoms with Crippen LogP contribution in [0, 0.1) is 17.8 Å². The third-order valence-electron chi connectivity index (χ3n) is 3.71. The Morgan fingerprint density at radius 2 is 2.26 bits per heavy atom. The fraction of sp³-hybridized carbons (Fsp3) is 0.600. The van der Waals surface area contributed by atoms with Crippen molar-refractivity contribution in [3.63, 3.8) is 0 Å². The summed E-state index contributed by atoms with van der Waals surface area (Å²) in [4.78, 5) is 16.8. The number of nitrogens with zero attached hydrogens (tertiary/aromatic N) is 1. The van der Waals surface area contributed by atoms with Gasteiger partial charge >= 0.3 is 0 Å². The van der Waals surface area contributed by atoms with Crippen LogP contribution in [0.15, 0.2) is 29.0 Å². The largest absolute Gasteiger partial charge is 0.384 e. The van der Waals surface area contributed by atoms with Gasteiger partial charge in [-0.1, -0.05) is 19.9 Å². The SMILES string of the molecule is CC1C=CC(C(=O)C2CCNCC(C)C2)=NC(N)=C1. The molecule has 2 aliphatic rings. The molecule has 3 unspecified atom stereocenters. The van der Waals surface area contributed by atoms with Gasteiger partial charge in [0.2, 0.25) is 0 Å². The van der Waals surface area contributed by atoms with E-state index in [1.165, 1.54) is 0 Å². The average Bonchev–Trinajstić information content (AvgIpc) is 2.66. The van der Waals surface area contributed by atoms with E-state index in [9.17, 15) is 4.79 Å². The quantitative estimate of drug-likeness (QED) is 0.794. The zero-order chi connectivity index (χ0) is 13.8. The first kappa shape index (κ1) is 14.0. The number of allylic oxidation sites excluding steroid dienone is 3. The number of ketones is 1. The molecule has 0 aromatic heterocycles. The number of nitrogens with one attached hydrogen (secondary N) is 1. The minimum atomic E-state index is 0.0645. The van der Waals surface area contributed by atoms with Gasteiger partial charge in [-0.15, -0.1) is 0 Å². The van der Waals surface area contributed by atoms with Gasteiger partial charge in [-0.2, -0.15) is 0 Å². The maximum Gasteiger partial charge on any atom is 0.184 e. The highest BCUT2D eigenvalue weighted by atomic mass is 16.1. The van der Waals surface area contributed by atoms with E-state index in [-0.39, 0.29) is 17.6 Å². The number of hydrogen-bond donors (Lipinski definition) is 2. The van der Waals surface area contributed by atoms with Crippen molar-refractivity contribution < 1.29 is 4.79 Å². The minimum Gasteiger partial charge on any atom is -0.384 e. The van der Waals surface area contributed by atoms with Gasteiger partial charge in [0.25, 0.3) is 0 Å². The van der Waals surface area contributed by atoms with Crippen LogP contribution < -0.4 is 11.1 Å². The van der Waals surface area contributed by atoms with Gasteiger partial charge in [0.15, 0.2) is 5.78 Å². The summed E-state index contributed by atoms with van der Waals surface area (Å²) in [6, 6.07) is 0. The van der Waals surface area contributed by atoms with Crippen molar-refractivity contribution in [1.82, 2.24) is 5.32 Å². The molecule has 0 spiro atoms. The molecule has 0 radical (unpaired) electrons. The lowest BCUT2D eigenvalue weighted by Gasteiger charge is -2.15. The molecule has 0 bridgehead atoms. The fourth-order valence-electron chi connectivity index (χ4n) is 2.68. The summed E-state index contributed by atoms with van der Waals surface area (Å²) in [5.41, 5.74) is 6.32. The number of carbonyl (C=O) groups is 1. The summed E-state index contributed by atoms with van der Waals surface area (Å²) < 4.78 is 0. The molecule has 2 rings (SSSR count). The number of nitrogens with two attached hydrogens (primary N) is 1. The van der Waals surface area contributed by atoms with Crippen LogP contribution in [0.4, 0.5) is 0 Å². The minimum absolute atomic E-state index is 0.0645. The third-order valence-corrected chi connectivity index (χ3v) is 3.71. The van der Waals surface area contributed by atoms with Crippen LogP contribution in [-0.2, 0) is 4.79 Å². The molecule has 0 saturated carbocycles. The zero-order valence-corrected chi connectivity index (χ0v) is 11.7. The summed E-state index contributed by atoms with van der Waals surface area (Å²) in [6.07, 6.45) is 7.49. The molecule has 3 N–H and O–H groups in total. The summed E-state index contributed by atoms with van der Waals surface area (Å²) in [5, 5.41) is 3.37. The molecule has 0 amide bonds. The Labute approximate surface area is 114 Å². The van der Waals surface area contributed by atoms with Gasteiger partial charge in [0, 0.05) is 5.92 Å². The molecule has 2 aliphatic heterocycles. The van der Waals surface area contributed by atoms with Crippen molar-refractivity contribution in [2.75, 3.05) is 13.1 Å². The Morgan fingerprint density at radius 3 is 3.05 bits per heavy atom. The monoisotopic (exact) mass is 261 g/mol. The molecule has 0 aromatic carbocycles. The number of Topliss-reactive ketones (excluding diaryl/α,β-unsaturated/α-hetero) is 1. The highest BCUT2D eigenvalue weighted by molar-refractivity contribution is 6.45. The summed E-state index contributed by atoms with van der Waals surface area (Å²) in [6.45, 7) is 6.11. The molecule has 3 atom stereocenters. The second-order valence-electron chi connectivity index (χ2n) is 5.70. The Kier molecular flexibility index (Phi) is 4.53. The zero-order valence-electron chi connectivity index (χ0n) is 11.7. The fourth-order valence-corrected chi connectivity index (χ4v) is 2.68. The van der Waals surface area contributed by atoms with Crippen LogP contribution in [0.2, 0.25) is 0 Å². The highest BCUT2D eigenvalue weighted by Crippen LogP contribution is 2.21. The van der Waals surface area contributed by atoms with E-state index in [2.05, 4.69) is 17.2 Å². The Morgan fingerprint density at radius 1 is 1.47 bits per heavy atom. The first-order valence-electron chi connectivity index (χ1n) is 7.05. The number of carbonyl (C=O) groups excluding carboxylic acids is 1. The first-order valence-corrected chi connectivity index (χ1v) is 7.05. The van der Waals surface area contributed by atoms with E-state index in [0.717, 1.165) is 25.9 Å². The van der Waals surface area contributed by atoms with Gasteiger partial charge in [0.05, 0.1) is 0 Å². The molecule has 1 fully saturated rings. The molecule has 104 valence electrons. The maximum atomic E-state index is 12.6. The van der Waals surface area contributed by atoms with Crippen molar-refractivity contribution >= 4 is 11.5 Å². The van der Waals surface area contributed by atoms with Gasteiger partial charge < -0.3 is 11.1 Å². The van der Waals surface area contributed by atoms with E-state index >= 15 is 0 Å². The smallest absolute Gasteiger partial charge is 0.184 e. The molecule has 4 nitrogen and oxygen atoms in total. The summed E-state index contributed by atoms with van der Waals surface area (Å²) >= 11 is 0. The van der Waals surface area contributed by atoms with E-state index in [1.807, 2.05) is 25.2 Å². The van der Waals surface area contributed by atoms with Crippen LogP contribution in [0.5, 0.6) is 0 Å².